The number of ether oxygens (including phenoxy) is 1. The minimum atomic E-state index is -0.0520. The highest BCUT2D eigenvalue weighted by Crippen LogP contribution is 2.27. The zero-order valence-electron chi connectivity index (χ0n) is 18.3. The minimum Gasteiger partial charge on any atom is -0.462 e. The van der Waals surface area contributed by atoms with E-state index < -0.39 is 0 Å². The van der Waals surface area contributed by atoms with Gasteiger partial charge in [0.15, 0.2) is 0 Å². The van der Waals surface area contributed by atoms with Crippen molar-refractivity contribution < 1.29 is 9.53 Å². The molecule has 0 aromatic carbocycles. The molecule has 0 bridgehead atoms. The highest BCUT2D eigenvalue weighted by molar-refractivity contribution is 5.89. The molecule has 0 unspecified atom stereocenters. The van der Waals surface area contributed by atoms with Crippen LogP contribution in [0.3, 0.4) is 0 Å². The second kappa shape index (κ2) is 13.4. The molecule has 0 N–H and O–H groups in total. The number of rotatable bonds is 13. The third-order valence-corrected chi connectivity index (χ3v) is 4.62. The summed E-state index contributed by atoms with van der Waals surface area (Å²) in [5.41, 5.74) is 2.34. The van der Waals surface area contributed by atoms with Gasteiger partial charge in [-0.3, -0.25) is 0 Å². The molecule has 0 saturated heterocycles. The van der Waals surface area contributed by atoms with Crippen LogP contribution in [0.1, 0.15) is 100 Å². The second-order valence-electron chi connectivity index (χ2n) is 9.20. The van der Waals surface area contributed by atoms with Crippen LogP contribution < -0.4 is 0 Å². The lowest BCUT2D eigenvalue weighted by atomic mass is 9.90. The number of hydrogen-bond donors (Lipinski definition) is 0. The zero-order valence-corrected chi connectivity index (χ0v) is 18.3. The zero-order chi connectivity index (χ0) is 19.4. The van der Waals surface area contributed by atoms with Crippen LogP contribution in [0.5, 0.6) is 0 Å². The smallest absolute Gasteiger partial charge is 0.333 e. The fourth-order valence-electron chi connectivity index (χ4n) is 2.68. The molecule has 0 aromatic rings. The van der Waals surface area contributed by atoms with E-state index in [4.69, 9.17) is 4.74 Å². The average Bonchev–Trinajstić information content (AvgIpc) is 2.48. The van der Waals surface area contributed by atoms with E-state index in [1.807, 2.05) is 0 Å². The van der Waals surface area contributed by atoms with Gasteiger partial charge in [-0.2, -0.15) is 0 Å². The molecule has 0 rings (SSSR count). The summed E-state index contributed by atoms with van der Waals surface area (Å²) in [6.45, 7) is 18.4. The van der Waals surface area contributed by atoms with Gasteiger partial charge in [0.2, 0.25) is 0 Å². The van der Waals surface area contributed by atoms with Crippen molar-refractivity contribution in [2.24, 2.45) is 23.7 Å². The molecule has 0 heterocycles. The van der Waals surface area contributed by atoms with Crippen LogP contribution >= 0.6 is 0 Å². The lowest BCUT2D eigenvalue weighted by Gasteiger charge is -2.18. The summed E-state index contributed by atoms with van der Waals surface area (Å²) in [6, 6.07) is 0. The van der Waals surface area contributed by atoms with Gasteiger partial charge < -0.3 is 4.74 Å². The molecule has 0 aromatic heterocycles. The van der Waals surface area contributed by atoms with Gasteiger partial charge >= 0.3 is 5.97 Å². The van der Waals surface area contributed by atoms with Gasteiger partial charge in [-0.15, -0.1) is 0 Å². The van der Waals surface area contributed by atoms with Crippen LogP contribution in [0.25, 0.3) is 0 Å². The Kier molecular flexibility index (Phi) is 13.0. The molecule has 0 fully saturated rings. The monoisotopic (exact) mass is 352 g/mol. The first-order valence-corrected chi connectivity index (χ1v) is 10.5. The van der Waals surface area contributed by atoms with Gasteiger partial charge in [0.05, 0.1) is 6.61 Å². The Hall–Kier alpha value is -0.790. The lowest BCUT2D eigenvalue weighted by molar-refractivity contribution is -0.139. The van der Waals surface area contributed by atoms with E-state index >= 15 is 0 Å². The molecule has 0 spiro atoms. The van der Waals surface area contributed by atoms with Crippen molar-refractivity contribution in [3.63, 3.8) is 0 Å². The number of carbonyl (C=O) groups excluding carboxylic acids is 1. The van der Waals surface area contributed by atoms with Crippen molar-refractivity contribution in [2.45, 2.75) is 100 Å². The molecule has 0 amide bonds. The quantitative estimate of drug-likeness (QED) is 0.259. The summed E-state index contributed by atoms with van der Waals surface area (Å²) in [6.07, 6.45) is 7.24. The molecule has 2 nitrogen and oxygen atoms in total. The van der Waals surface area contributed by atoms with Crippen molar-refractivity contribution in [3.8, 4) is 0 Å². The molecule has 2 heteroatoms. The molecular weight excluding hydrogens is 308 g/mol. The number of esters is 1. The van der Waals surface area contributed by atoms with Crippen molar-refractivity contribution in [1.82, 2.24) is 0 Å². The molecule has 0 saturated carbocycles. The Bertz CT molecular complexity index is 375. The largest absolute Gasteiger partial charge is 0.462 e. The summed E-state index contributed by atoms with van der Waals surface area (Å²) in [7, 11) is 0. The Morgan fingerprint density at radius 3 is 1.44 bits per heavy atom. The van der Waals surface area contributed by atoms with Crippen molar-refractivity contribution in [2.75, 3.05) is 6.61 Å². The van der Waals surface area contributed by atoms with E-state index in [9.17, 15) is 4.79 Å². The van der Waals surface area contributed by atoms with E-state index in [0.29, 0.717) is 30.3 Å². The molecule has 25 heavy (non-hydrogen) atoms. The Morgan fingerprint density at radius 1 is 0.640 bits per heavy atom. The van der Waals surface area contributed by atoms with Crippen LogP contribution in [-0.2, 0) is 9.53 Å². The predicted molar refractivity (Wildman–Crippen MR) is 110 cm³/mol. The number of allylic oxidation sites excluding steroid dienone is 1. The second-order valence-corrected chi connectivity index (χ2v) is 9.20. The summed E-state index contributed by atoms with van der Waals surface area (Å²) in [5.74, 6) is 2.45. The Labute approximate surface area is 157 Å². The van der Waals surface area contributed by atoms with E-state index in [0.717, 1.165) is 50.5 Å². The maximum Gasteiger partial charge on any atom is 0.333 e. The Morgan fingerprint density at radius 2 is 1.04 bits per heavy atom. The highest BCUT2D eigenvalue weighted by Gasteiger charge is 2.18. The predicted octanol–water partition coefficient (Wildman–Crippen LogP) is 7.18. The van der Waals surface area contributed by atoms with Gasteiger partial charge in [-0.05, 0) is 68.6 Å². The lowest BCUT2D eigenvalue weighted by Crippen LogP contribution is -2.14. The van der Waals surface area contributed by atoms with Crippen LogP contribution in [0.4, 0.5) is 0 Å². The first-order chi connectivity index (χ1) is 11.6. The maximum absolute atomic E-state index is 12.8. The van der Waals surface area contributed by atoms with Gasteiger partial charge in [0, 0.05) is 5.57 Å². The van der Waals surface area contributed by atoms with Crippen LogP contribution in [0, 0.1) is 23.7 Å². The van der Waals surface area contributed by atoms with Crippen molar-refractivity contribution >= 4 is 5.97 Å². The summed E-state index contributed by atoms with van der Waals surface area (Å²) in [5, 5.41) is 0. The van der Waals surface area contributed by atoms with Gasteiger partial charge in [-0.1, -0.05) is 61.0 Å². The molecule has 0 aliphatic heterocycles. The SMILES string of the molecule is CC(C)CCOC(=O)C(CCC(C)C)=C(CCC(C)C)CCC(C)C. The molecular formula is C23H44O2. The van der Waals surface area contributed by atoms with E-state index in [1.165, 1.54) is 5.57 Å². The third-order valence-electron chi connectivity index (χ3n) is 4.62. The summed E-state index contributed by atoms with van der Waals surface area (Å²) >= 11 is 0. The highest BCUT2D eigenvalue weighted by atomic mass is 16.5. The summed E-state index contributed by atoms with van der Waals surface area (Å²) < 4.78 is 5.65. The maximum atomic E-state index is 12.8. The first kappa shape index (κ1) is 24.2. The molecule has 0 aliphatic rings. The molecule has 0 radical (unpaired) electrons. The van der Waals surface area contributed by atoms with Gasteiger partial charge in [-0.25, -0.2) is 4.79 Å². The Balaban J connectivity index is 5.26. The standard InChI is InChI=1S/C23H44O2/c1-17(2)9-12-21(13-10-18(3)4)22(14-11-19(5)6)23(24)25-16-15-20(7)8/h17-20H,9-16H2,1-8H3. The van der Waals surface area contributed by atoms with E-state index in [1.54, 1.807) is 0 Å². The minimum absolute atomic E-state index is 0.0520. The van der Waals surface area contributed by atoms with Crippen LogP contribution in [0.15, 0.2) is 11.1 Å². The van der Waals surface area contributed by atoms with E-state index in [-0.39, 0.29) is 5.97 Å². The number of hydrogen-bond acceptors (Lipinski definition) is 2. The third kappa shape index (κ3) is 13.1. The molecule has 148 valence electrons. The first-order valence-electron chi connectivity index (χ1n) is 10.5. The van der Waals surface area contributed by atoms with Crippen molar-refractivity contribution in [1.29, 1.82) is 0 Å². The van der Waals surface area contributed by atoms with Crippen LogP contribution in [-0.4, -0.2) is 12.6 Å². The van der Waals surface area contributed by atoms with Crippen molar-refractivity contribution in [3.05, 3.63) is 11.1 Å². The van der Waals surface area contributed by atoms with E-state index in [2.05, 4.69) is 55.4 Å². The fraction of sp³-hybridized carbons (Fsp3) is 0.870. The van der Waals surface area contributed by atoms with Gasteiger partial charge in [0.25, 0.3) is 0 Å². The number of carbonyl (C=O) groups is 1. The fourth-order valence-corrected chi connectivity index (χ4v) is 2.68. The summed E-state index contributed by atoms with van der Waals surface area (Å²) in [4.78, 5) is 12.8. The normalized spacial score (nSPS) is 11.7. The van der Waals surface area contributed by atoms with Crippen LogP contribution in [0.2, 0.25) is 0 Å². The molecule has 0 aliphatic carbocycles. The molecule has 0 atom stereocenters. The van der Waals surface area contributed by atoms with Gasteiger partial charge in [0.1, 0.15) is 0 Å². The topological polar surface area (TPSA) is 26.3 Å². The average molecular weight is 353 g/mol.